The summed E-state index contributed by atoms with van der Waals surface area (Å²) >= 11 is 0. The van der Waals surface area contributed by atoms with E-state index in [4.69, 9.17) is 0 Å². The normalized spacial score (nSPS) is 12.6. The first-order chi connectivity index (χ1) is 16.1. The van der Waals surface area contributed by atoms with Crippen molar-refractivity contribution < 1.29 is 21.6 Å². The van der Waals surface area contributed by atoms with E-state index in [2.05, 4.69) is 20.1 Å². The van der Waals surface area contributed by atoms with E-state index in [0.29, 0.717) is 11.2 Å². The highest BCUT2D eigenvalue weighted by Gasteiger charge is 2.33. The van der Waals surface area contributed by atoms with Crippen LogP contribution in [0.15, 0.2) is 59.9 Å². The van der Waals surface area contributed by atoms with E-state index in [9.17, 15) is 21.6 Å². The van der Waals surface area contributed by atoms with Crippen LogP contribution in [0.4, 0.5) is 13.2 Å². The van der Waals surface area contributed by atoms with Crippen LogP contribution in [0.25, 0.3) is 39.1 Å². The highest BCUT2D eigenvalue weighted by atomic mass is 32.2. The van der Waals surface area contributed by atoms with Crippen molar-refractivity contribution in [2.45, 2.75) is 18.0 Å². The third kappa shape index (κ3) is 3.50. The Hall–Kier alpha value is -3.80. The molecule has 12 heteroatoms. The summed E-state index contributed by atoms with van der Waals surface area (Å²) in [6.07, 6.45) is -0.446. The van der Waals surface area contributed by atoms with Crippen LogP contribution < -0.4 is 0 Å². The van der Waals surface area contributed by atoms with Crippen molar-refractivity contribution in [1.29, 1.82) is 0 Å². The fourth-order valence-electron chi connectivity index (χ4n) is 3.74. The van der Waals surface area contributed by atoms with Gasteiger partial charge in [0, 0.05) is 12.4 Å². The first-order valence-corrected chi connectivity index (χ1v) is 11.8. The second-order valence-electron chi connectivity index (χ2n) is 7.61. The highest BCUT2D eigenvalue weighted by Crippen LogP contribution is 2.33. The average Bonchev–Trinajstić information content (AvgIpc) is 3.39. The molecule has 0 aliphatic heterocycles. The molecule has 34 heavy (non-hydrogen) atoms. The van der Waals surface area contributed by atoms with Crippen molar-refractivity contribution in [3.05, 3.63) is 60.7 Å². The number of rotatable bonds is 4. The molecule has 0 saturated carbocycles. The fourth-order valence-corrected chi connectivity index (χ4v) is 4.79. The van der Waals surface area contributed by atoms with Crippen LogP contribution in [0, 0.1) is 0 Å². The van der Waals surface area contributed by atoms with Crippen LogP contribution in [0.3, 0.4) is 0 Å². The second kappa shape index (κ2) is 7.62. The first-order valence-electron chi connectivity index (χ1n) is 10.2. The molecule has 0 spiro atoms. The Morgan fingerprint density at radius 2 is 1.76 bits per heavy atom. The summed E-state index contributed by atoms with van der Waals surface area (Å²) in [5, 5.41) is 5.22. The van der Waals surface area contributed by atoms with Gasteiger partial charge < -0.3 is 4.57 Å². The molecule has 4 heterocycles. The molecule has 0 amide bonds. The van der Waals surface area contributed by atoms with E-state index in [-0.39, 0.29) is 27.7 Å². The molecule has 0 aliphatic carbocycles. The largest absolute Gasteiger partial charge is 0.433 e. The van der Waals surface area contributed by atoms with Gasteiger partial charge in [0.25, 0.3) is 0 Å². The SMILES string of the molecule is CCS(=O)(=O)c1cc(-n2ncc3ccccc32)cnc1-c1nc2cc(C(F)(F)F)ncc2n1C. The summed E-state index contributed by atoms with van der Waals surface area (Å²) in [6, 6.07) is 9.73. The Labute approximate surface area is 191 Å². The van der Waals surface area contributed by atoms with Gasteiger partial charge in [0.1, 0.15) is 11.4 Å². The van der Waals surface area contributed by atoms with Gasteiger partial charge in [-0.15, -0.1) is 0 Å². The van der Waals surface area contributed by atoms with Gasteiger partial charge >= 0.3 is 6.18 Å². The maximum Gasteiger partial charge on any atom is 0.433 e. The van der Waals surface area contributed by atoms with E-state index in [0.717, 1.165) is 23.2 Å². The van der Waals surface area contributed by atoms with Crippen molar-refractivity contribution in [3.8, 4) is 17.2 Å². The summed E-state index contributed by atoms with van der Waals surface area (Å²) in [6.45, 7) is 1.50. The third-order valence-corrected chi connectivity index (χ3v) is 7.29. The number of fused-ring (bicyclic) bond motifs is 2. The Kier molecular flexibility index (Phi) is 4.93. The Bertz CT molecular complexity index is 1670. The molecule has 4 aromatic heterocycles. The van der Waals surface area contributed by atoms with Gasteiger partial charge in [-0.2, -0.15) is 18.3 Å². The molecule has 174 valence electrons. The predicted molar refractivity (Wildman–Crippen MR) is 119 cm³/mol. The minimum atomic E-state index is -4.63. The molecule has 0 fully saturated rings. The molecule has 8 nitrogen and oxygen atoms in total. The molecular formula is C22H17F3N6O2S. The van der Waals surface area contributed by atoms with Crippen molar-refractivity contribution in [2.24, 2.45) is 7.05 Å². The number of aryl methyl sites for hydroxylation is 1. The molecular weight excluding hydrogens is 469 g/mol. The van der Waals surface area contributed by atoms with Gasteiger partial charge in [-0.3, -0.25) is 0 Å². The van der Waals surface area contributed by atoms with Crippen LogP contribution >= 0.6 is 0 Å². The molecule has 0 N–H and O–H groups in total. The molecule has 0 bridgehead atoms. The number of alkyl halides is 3. The monoisotopic (exact) mass is 486 g/mol. The quantitative estimate of drug-likeness (QED) is 0.378. The minimum Gasteiger partial charge on any atom is -0.324 e. The number of hydrogen-bond acceptors (Lipinski definition) is 6. The van der Waals surface area contributed by atoms with E-state index >= 15 is 0 Å². The van der Waals surface area contributed by atoms with Gasteiger partial charge in [0.2, 0.25) is 0 Å². The average molecular weight is 486 g/mol. The van der Waals surface area contributed by atoms with Crippen molar-refractivity contribution in [3.63, 3.8) is 0 Å². The van der Waals surface area contributed by atoms with E-state index in [1.54, 1.807) is 17.9 Å². The maximum absolute atomic E-state index is 13.1. The zero-order valence-electron chi connectivity index (χ0n) is 17.9. The number of halogens is 3. The van der Waals surface area contributed by atoms with Gasteiger partial charge in [-0.05, 0) is 18.2 Å². The Morgan fingerprint density at radius 3 is 2.50 bits per heavy atom. The summed E-state index contributed by atoms with van der Waals surface area (Å²) in [5.41, 5.74) is 0.492. The summed E-state index contributed by atoms with van der Waals surface area (Å²) in [7, 11) is -2.21. The number of imidazole rings is 1. The number of benzene rings is 1. The standard InChI is InChI=1S/C22H17F3N6O2S/c1-3-34(32,33)18-8-14(31-16-7-5-4-6-13(16)10-28-31)11-27-20(18)21-29-15-9-19(22(23,24)25)26-12-17(15)30(21)2/h4-12H,3H2,1-2H3. The van der Waals surface area contributed by atoms with Crippen LogP contribution in [0.1, 0.15) is 12.6 Å². The van der Waals surface area contributed by atoms with Gasteiger partial charge in [0.15, 0.2) is 15.7 Å². The lowest BCUT2D eigenvalue weighted by Crippen LogP contribution is -2.10. The van der Waals surface area contributed by atoms with Crippen molar-refractivity contribution >= 4 is 31.8 Å². The lowest BCUT2D eigenvalue weighted by atomic mass is 10.2. The zero-order chi connectivity index (χ0) is 24.3. The summed E-state index contributed by atoms with van der Waals surface area (Å²) in [4.78, 5) is 12.1. The molecule has 0 radical (unpaired) electrons. The molecule has 1 aromatic carbocycles. The van der Waals surface area contributed by atoms with Crippen LogP contribution in [0.5, 0.6) is 0 Å². The number of hydrogen-bond donors (Lipinski definition) is 0. The Morgan fingerprint density at radius 1 is 1.00 bits per heavy atom. The minimum absolute atomic E-state index is 0.0311. The van der Waals surface area contributed by atoms with E-state index in [1.165, 1.54) is 23.8 Å². The fraction of sp³-hybridized carbons (Fsp3) is 0.182. The number of aromatic nitrogens is 6. The maximum atomic E-state index is 13.1. The van der Waals surface area contributed by atoms with Crippen molar-refractivity contribution in [1.82, 2.24) is 29.3 Å². The smallest absolute Gasteiger partial charge is 0.324 e. The zero-order valence-corrected chi connectivity index (χ0v) is 18.8. The lowest BCUT2D eigenvalue weighted by Gasteiger charge is -2.11. The Balaban J connectivity index is 1.73. The number of para-hydroxylation sites is 1. The van der Waals surface area contributed by atoms with E-state index in [1.807, 2.05) is 24.3 Å². The van der Waals surface area contributed by atoms with Gasteiger partial charge in [-0.25, -0.2) is 28.1 Å². The predicted octanol–water partition coefficient (Wildman–Crippen LogP) is 4.18. The van der Waals surface area contributed by atoms with Gasteiger partial charge in [0.05, 0.1) is 51.5 Å². The highest BCUT2D eigenvalue weighted by molar-refractivity contribution is 7.91. The molecule has 0 atom stereocenters. The summed E-state index contributed by atoms with van der Waals surface area (Å²) in [5.74, 6) is -0.0886. The summed E-state index contributed by atoms with van der Waals surface area (Å²) < 4.78 is 68.4. The number of nitrogens with zero attached hydrogens (tertiary/aromatic N) is 6. The van der Waals surface area contributed by atoms with Crippen molar-refractivity contribution in [2.75, 3.05) is 5.75 Å². The lowest BCUT2D eigenvalue weighted by molar-refractivity contribution is -0.141. The van der Waals surface area contributed by atoms with Gasteiger partial charge in [-0.1, -0.05) is 25.1 Å². The van der Waals surface area contributed by atoms with E-state index < -0.39 is 21.7 Å². The first kappa shape index (κ1) is 22.0. The number of sulfone groups is 1. The third-order valence-electron chi connectivity index (χ3n) is 5.54. The van der Waals surface area contributed by atoms with Crippen LogP contribution in [0.2, 0.25) is 0 Å². The second-order valence-corrected chi connectivity index (χ2v) is 9.86. The molecule has 0 aliphatic rings. The van der Waals surface area contributed by atoms with Crippen LogP contribution in [-0.4, -0.2) is 43.5 Å². The molecule has 0 saturated heterocycles. The number of pyridine rings is 2. The molecule has 0 unspecified atom stereocenters. The van der Waals surface area contributed by atoms with Crippen LogP contribution in [-0.2, 0) is 23.1 Å². The topological polar surface area (TPSA) is 95.6 Å². The molecule has 5 aromatic rings. The molecule has 5 rings (SSSR count).